The molecule has 4 nitrogen and oxygen atoms in total. The van der Waals surface area contributed by atoms with Crippen LogP contribution in [0.5, 0.6) is 0 Å². The summed E-state index contributed by atoms with van der Waals surface area (Å²) in [6.07, 6.45) is 3.29. The predicted molar refractivity (Wildman–Crippen MR) is 79.6 cm³/mol. The molecule has 0 unspecified atom stereocenters. The molecule has 0 heterocycles. The molecule has 0 bridgehead atoms. The van der Waals surface area contributed by atoms with Gasteiger partial charge in [0, 0.05) is 6.54 Å². The van der Waals surface area contributed by atoms with Crippen molar-refractivity contribution in [2.24, 2.45) is 5.92 Å². The molecular weight excluding hydrogens is 272 g/mol. The Bertz CT molecular complexity index is 542. The molecule has 1 aromatic rings. The number of nitriles is 1. The smallest absolute Gasteiger partial charge is 0.211 e. The first kappa shape index (κ1) is 16.7. The van der Waals surface area contributed by atoms with Crippen LogP contribution in [-0.4, -0.2) is 15.0 Å². The minimum atomic E-state index is -3.43. The zero-order valence-electron chi connectivity index (χ0n) is 12.1. The number of hydrogen-bond donors (Lipinski definition) is 1. The topological polar surface area (TPSA) is 70.0 Å². The van der Waals surface area contributed by atoms with Crippen molar-refractivity contribution in [1.29, 1.82) is 5.26 Å². The lowest BCUT2D eigenvalue weighted by molar-refractivity contribution is 0.530. The summed E-state index contributed by atoms with van der Waals surface area (Å²) < 4.78 is 26.7. The van der Waals surface area contributed by atoms with Gasteiger partial charge >= 0.3 is 0 Å². The number of benzene rings is 1. The van der Waals surface area contributed by atoms with Gasteiger partial charge in [0.25, 0.3) is 0 Å². The summed E-state index contributed by atoms with van der Waals surface area (Å²) in [4.78, 5) is 0.253. The minimum absolute atomic E-state index is 0.253. The number of nitrogens with zero attached hydrogens (tertiary/aromatic N) is 1. The largest absolute Gasteiger partial charge is 0.240 e. The molecule has 5 heteroatoms. The van der Waals surface area contributed by atoms with Crippen molar-refractivity contribution >= 4 is 10.0 Å². The van der Waals surface area contributed by atoms with E-state index < -0.39 is 10.0 Å². The fourth-order valence-corrected chi connectivity index (χ4v) is 2.92. The lowest BCUT2D eigenvalue weighted by atomic mass is 10.1. The third kappa shape index (κ3) is 5.72. The first-order chi connectivity index (χ1) is 9.45. The average molecular weight is 294 g/mol. The summed E-state index contributed by atoms with van der Waals surface area (Å²) in [5.41, 5.74) is 0.823. The zero-order valence-corrected chi connectivity index (χ0v) is 12.9. The van der Waals surface area contributed by atoms with Gasteiger partial charge in [-0.05, 0) is 30.0 Å². The minimum Gasteiger partial charge on any atom is -0.211 e. The van der Waals surface area contributed by atoms with Crippen LogP contribution < -0.4 is 4.72 Å². The van der Waals surface area contributed by atoms with Crippen molar-refractivity contribution in [3.8, 4) is 6.07 Å². The van der Waals surface area contributed by atoms with Gasteiger partial charge in [-0.2, -0.15) is 5.26 Å². The number of sulfonamides is 1. The summed E-state index contributed by atoms with van der Waals surface area (Å²) in [5.74, 6) is 0.652. The molecule has 0 amide bonds. The maximum atomic E-state index is 12.0. The van der Waals surface area contributed by atoms with Crippen molar-refractivity contribution in [3.05, 3.63) is 29.8 Å². The molecule has 0 atom stereocenters. The summed E-state index contributed by atoms with van der Waals surface area (Å²) in [6, 6.07) is 8.48. The SMILES string of the molecule is CC(C)CCCCNS(=O)(=O)c1ccc(CC#N)cc1. The first-order valence-corrected chi connectivity index (χ1v) is 8.39. The Morgan fingerprint density at radius 2 is 1.85 bits per heavy atom. The summed E-state index contributed by atoms with van der Waals surface area (Å²) in [5, 5.41) is 8.57. The van der Waals surface area contributed by atoms with Crippen LogP contribution in [0.2, 0.25) is 0 Å². The lowest BCUT2D eigenvalue weighted by Gasteiger charge is -2.08. The van der Waals surface area contributed by atoms with Crippen LogP contribution in [-0.2, 0) is 16.4 Å². The Labute approximate surface area is 121 Å². The number of hydrogen-bond acceptors (Lipinski definition) is 3. The van der Waals surface area contributed by atoms with Gasteiger partial charge in [-0.25, -0.2) is 13.1 Å². The van der Waals surface area contributed by atoms with Gasteiger partial charge in [-0.1, -0.05) is 38.8 Å². The molecule has 0 aliphatic carbocycles. The van der Waals surface area contributed by atoms with E-state index in [2.05, 4.69) is 18.6 Å². The van der Waals surface area contributed by atoms with E-state index in [1.807, 2.05) is 6.07 Å². The fraction of sp³-hybridized carbons (Fsp3) is 0.533. The van der Waals surface area contributed by atoms with Gasteiger partial charge < -0.3 is 0 Å². The maximum absolute atomic E-state index is 12.0. The highest BCUT2D eigenvalue weighted by atomic mass is 32.2. The molecule has 0 saturated heterocycles. The molecule has 0 spiro atoms. The van der Waals surface area contributed by atoms with Crippen LogP contribution in [0.4, 0.5) is 0 Å². The third-order valence-corrected chi connectivity index (χ3v) is 4.49. The highest BCUT2D eigenvalue weighted by molar-refractivity contribution is 7.89. The second-order valence-corrected chi connectivity index (χ2v) is 7.03. The molecule has 0 saturated carbocycles. The second kappa shape index (κ2) is 8.03. The van der Waals surface area contributed by atoms with Gasteiger partial charge in [0.05, 0.1) is 17.4 Å². The number of nitrogens with one attached hydrogen (secondary N) is 1. The van der Waals surface area contributed by atoms with Crippen molar-refractivity contribution in [1.82, 2.24) is 4.72 Å². The van der Waals surface area contributed by atoms with Crippen molar-refractivity contribution < 1.29 is 8.42 Å². The van der Waals surface area contributed by atoms with Gasteiger partial charge in [0.15, 0.2) is 0 Å². The molecular formula is C15H22N2O2S. The van der Waals surface area contributed by atoms with Gasteiger partial charge in [0.2, 0.25) is 10.0 Å². The molecule has 0 aliphatic rings. The molecule has 1 aromatic carbocycles. The van der Waals surface area contributed by atoms with Gasteiger partial charge in [0.1, 0.15) is 0 Å². The third-order valence-electron chi connectivity index (χ3n) is 3.02. The average Bonchev–Trinajstić information content (AvgIpc) is 2.39. The summed E-state index contributed by atoms with van der Waals surface area (Å²) in [6.45, 7) is 4.79. The van der Waals surface area contributed by atoms with Crippen LogP contribution in [0, 0.1) is 17.2 Å². The van der Waals surface area contributed by atoms with Crippen LogP contribution >= 0.6 is 0 Å². The molecule has 110 valence electrons. The standard InChI is InChI=1S/C15H22N2O2S/c1-13(2)5-3-4-12-17-20(18,19)15-8-6-14(7-9-15)10-11-16/h6-9,13,17H,3-5,10,12H2,1-2H3. The van der Waals surface area contributed by atoms with Crippen LogP contribution in [0.25, 0.3) is 0 Å². The first-order valence-electron chi connectivity index (χ1n) is 6.91. The fourth-order valence-electron chi connectivity index (χ4n) is 1.85. The lowest BCUT2D eigenvalue weighted by Crippen LogP contribution is -2.24. The monoisotopic (exact) mass is 294 g/mol. The van der Waals surface area contributed by atoms with Crippen LogP contribution in [0.1, 0.15) is 38.7 Å². The Hall–Kier alpha value is -1.38. The van der Waals surface area contributed by atoms with E-state index in [-0.39, 0.29) is 4.90 Å². The van der Waals surface area contributed by atoms with E-state index in [1.54, 1.807) is 24.3 Å². The predicted octanol–water partition coefficient (Wildman–Crippen LogP) is 2.86. The Kier molecular flexibility index (Phi) is 6.69. The number of unbranched alkanes of at least 4 members (excludes halogenated alkanes) is 1. The molecule has 0 radical (unpaired) electrons. The van der Waals surface area contributed by atoms with E-state index >= 15 is 0 Å². The van der Waals surface area contributed by atoms with E-state index in [0.29, 0.717) is 18.9 Å². The molecule has 0 aromatic heterocycles. The van der Waals surface area contributed by atoms with Crippen LogP contribution in [0.15, 0.2) is 29.2 Å². The highest BCUT2D eigenvalue weighted by Crippen LogP contribution is 2.11. The van der Waals surface area contributed by atoms with Gasteiger partial charge in [-0.3, -0.25) is 0 Å². The van der Waals surface area contributed by atoms with E-state index in [1.165, 1.54) is 0 Å². The van der Waals surface area contributed by atoms with Crippen molar-refractivity contribution in [2.45, 2.75) is 44.4 Å². The normalized spacial score (nSPS) is 11.5. The number of rotatable bonds is 8. The molecule has 0 aliphatic heterocycles. The Morgan fingerprint density at radius 1 is 1.20 bits per heavy atom. The highest BCUT2D eigenvalue weighted by Gasteiger charge is 2.12. The maximum Gasteiger partial charge on any atom is 0.240 e. The summed E-state index contributed by atoms with van der Waals surface area (Å²) >= 11 is 0. The zero-order chi connectivity index (χ0) is 15.0. The molecule has 1 rings (SSSR count). The van der Waals surface area contributed by atoms with Crippen LogP contribution in [0.3, 0.4) is 0 Å². The molecule has 0 fully saturated rings. The molecule has 1 N–H and O–H groups in total. The van der Waals surface area contributed by atoms with Crippen molar-refractivity contribution in [2.75, 3.05) is 6.54 Å². The quantitative estimate of drug-likeness (QED) is 0.749. The Balaban J connectivity index is 2.50. The summed E-state index contributed by atoms with van der Waals surface area (Å²) in [7, 11) is -3.43. The van der Waals surface area contributed by atoms with E-state index in [9.17, 15) is 8.42 Å². The van der Waals surface area contributed by atoms with Gasteiger partial charge in [-0.15, -0.1) is 0 Å². The second-order valence-electron chi connectivity index (χ2n) is 5.27. The van der Waals surface area contributed by atoms with E-state index in [0.717, 1.165) is 24.8 Å². The molecule has 20 heavy (non-hydrogen) atoms. The van der Waals surface area contributed by atoms with E-state index in [4.69, 9.17) is 5.26 Å². The van der Waals surface area contributed by atoms with Crippen molar-refractivity contribution in [3.63, 3.8) is 0 Å². The Morgan fingerprint density at radius 3 is 2.40 bits per heavy atom.